The minimum absolute atomic E-state index is 0.0301. The lowest BCUT2D eigenvalue weighted by Gasteiger charge is -2.27. The molecule has 1 saturated heterocycles. The molecule has 33 heavy (non-hydrogen) atoms. The van der Waals surface area contributed by atoms with Crippen molar-refractivity contribution >= 4 is 39.8 Å². The molecule has 4 rings (SSSR count). The Morgan fingerprint density at radius 1 is 1.06 bits per heavy atom. The van der Waals surface area contributed by atoms with E-state index in [1.165, 1.54) is 17.5 Å². The summed E-state index contributed by atoms with van der Waals surface area (Å²) >= 11 is 1.51. The second-order valence-corrected chi connectivity index (χ2v) is 8.36. The van der Waals surface area contributed by atoms with Crippen LogP contribution in [0.2, 0.25) is 0 Å². The van der Waals surface area contributed by atoms with E-state index in [0.717, 1.165) is 6.42 Å². The van der Waals surface area contributed by atoms with E-state index in [1.54, 1.807) is 27.2 Å². The predicted molar refractivity (Wildman–Crippen MR) is 128 cm³/mol. The topological polar surface area (TPSA) is 81.2 Å². The third-order valence-corrected chi connectivity index (χ3v) is 6.40. The molecular formula is C24H27N3O5S. The standard InChI is InChI=1S/C24H27N3O5S/c1-4-32-24(29)17-14-25-21-19(31-3)7-6-18(30-2)20(21)22(17)26-9-5-10-27(12-11-26)23(28)16-8-13-33-15-16/h6-8,13-15H,4-5,9-12H2,1-3H3. The Balaban J connectivity index is 1.78. The van der Waals surface area contributed by atoms with Crippen molar-refractivity contribution in [1.29, 1.82) is 0 Å². The van der Waals surface area contributed by atoms with Crippen LogP contribution in [0.1, 0.15) is 34.1 Å². The van der Waals surface area contributed by atoms with Crippen molar-refractivity contribution < 1.29 is 23.8 Å². The average molecular weight is 470 g/mol. The molecule has 174 valence electrons. The zero-order chi connectivity index (χ0) is 23.4. The molecule has 9 heteroatoms. The van der Waals surface area contributed by atoms with E-state index in [9.17, 15) is 9.59 Å². The number of anilines is 1. The summed E-state index contributed by atoms with van der Waals surface area (Å²) in [5.41, 5.74) is 2.38. The molecule has 0 saturated carbocycles. The van der Waals surface area contributed by atoms with Crippen molar-refractivity contribution in [2.75, 3.05) is 51.9 Å². The van der Waals surface area contributed by atoms with Crippen LogP contribution in [0.25, 0.3) is 10.9 Å². The van der Waals surface area contributed by atoms with E-state index in [-0.39, 0.29) is 12.5 Å². The minimum Gasteiger partial charge on any atom is -0.496 e. The zero-order valence-electron chi connectivity index (χ0n) is 19.0. The lowest BCUT2D eigenvalue weighted by atomic mass is 10.1. The van der Waals surface area contributed by atoms with Gasteiger partial charge in [-0.15, -0.1) is 0 Å². The van der Waals surface area contributed by atoms with Crippen LogP contribution in [-0.2, 0) is 4.74 Å². The van der Waals surface area contributed by atoms with E-state index in [4.69, 9.17) is 14.2 Å². The van der Waals surface area contributed by atoms with E-state index in [0.29, 0.717) is 65.4 Å². The Morgan fingerprint density at radius 2 is 1.85 bits per heavy atom. The number of aromatic nitrogens is 1. The summed E-state index contributed by atoms with van der Waals surface area (Å²) in [6.45, 7) is 4.43. The maximum atomic E-state index is 12.9. The first-order valence-electron chi connectivity index (χ1n) is 10.9. The fraction of sp³-hybridized carbons (Fsp3) is 0.375. The molecule has 1 aliphatic heterocycles. The molecule has 1 aromatic carbocycles. The molecule has 0 N–H and O–H groups in total. The van der Waals surface area contributed by atoms with Crippen LogP contribution in [0, 0.1) is 0 Å². The Kier molecular flexibility index (Phi) is 6.98. The number of pyridine rings is 1. The van der Waals surface area contributed by atoms with Crippen molar-refractivity contribution in [3.05, 3.63) is 46.3 Å². The molecule has 3 aromatic rings. The van der Waals surface area contributed by atoms with Gasteiger partial charge < -0.3 is 24.0 Å². The number of carbonyl (C=O) groups excluding carboxylic acids is 2. The van der Waals surface area contributed by atoms with E-state index < -0.39 is 5.97 Å². The summed E-state index contributed by atoms with van der Waals surface area (Å²) in [6, 6.07) is 5.46. The summed E-state index contributed by atoms with van der Waals surface area (Å²) in [6.07, 6.45) is 2.30. The highest BCUT2D eigenvalue weighted by molar-refractivity contribution is 7.08. The number of hydrogen-bond donors (Lipinski definition) is 0. The number of methoxy groups -OCH3 is 2. The SMILES string of the molecule is CCOC(=O)c1cnc2c(OC)ccc(OC)c2c1N1CCCN(C(=O)c2ccsc2)CC1. The number of hydrogen-bond acceptors (Lipinski definition) is 8. The molecular weight excluding hydrogens is 442 g/mol. The summed E-state index contributed by atoms with van der Waals surface area (Å²) in [5.74, 6) is 0.770. The Morgan fingerprint density at radius 3 is 2.55 bits per heavy atom. The average Bonchev–Trinajstić information content (AvgIpc) is 3.27. The number of ether oxygens (including phenoxy) is 3. The van der Waals surface area contributed by atoms with Gasteiger partial charge in [0, 0.05) is 37.8 Å². The first-order valence-corrected chi connectivity index (χ1v) is 11.8. The van der Waals surface area contributed by atoms with E-state index in [1.807, 2.05) is 27.8 Å². The van der Waals surface area contributed by atoms with Crippen LogP contribution >= 0.6 is 11.3 Å². The molecule has 8 nitrogen and oxygen atoms in total. The third kappa shape index (κ3) is 4.45. The van der Waals surface area contributed by atoms with Gasteiger partial charge in [-0.3, -0.25) is 9.78 Å². The van der Waals surface area contributed by atoms with Gasteiger partial charge in [0.25, 0.3) is 5.91 Å². The maximum Gasteiger partial charge on any atom is 0.341 e. The number of carbonyl (C=O) groups is 2. The van der Waals surface area contributed by atoms with Gasteiger partial charge in [-0.1, -0.05) is 0 Å². The molecule has 0 unspecified atom stereocenters. The third-order valence-electron chi connectivity index (χ3n) is 5.72. The van der Waals surface area contributed by atoms with Gasteiger partial charge in [0.2, 0.25) is 0 Å². The van der Waals surface area contributed by atoms with Crippen LogP contribution < -0.4 is 14.4 Å². The highest BCUT2D eigenvalue weighted by atomic mass is 32.1. The fourth-order valence-corrected chi connectivity index (χ4v) is 4.80. The molecule has 0 aliphatic carbocycles. The van der Waals surface area contributed by atoms with Crippen molar-refractivity contribution in [1.82, 2.24) is 9.88 Å². The molecule has 1 aliphatic rings. The quantitative estimate of drug-likeness (QED) is 0.507. The van der Waals surface area contributed by atoms with Gasteiger partial charge in [0.15, 0.2) is 0 Å². The Hall–Kier alpha value is -3.33. The smallest absolute Gasteiger partial charge is 0.341 e. The fourth-order valence-electron chi connectivity index (χ4n) is 4.17. The highest BCUT2D eigenvalue weighted by Crippen LogP contribution is 2.41. The molecule has 0 spiro atoms. The van der Waals surface area contributed by atoms with Gasteiger partial charge in [0.05, 0.1) is 37.5 Å². The zero-order valence-corrected chi connectivity index (χ0v) is 19.8. The molecule has 1 amide bonds. The molecule has 0 atom stereocenters. The molecule has 2 aromatic heterocycles. The van der Waals surface area contributed by atoms with Crippen LogP contribution in [-0.4, -0.2) is 68.8 Å². The molecule has 0 bridgehead atoms. The van der Waals surface area contributed by atoms with Crippen LogP contribution in [0.3, 0.4) is 0 Å². The second kappa shape index (κ2) is 10.1. The number of thiophene rings is 1. The van der Waals surface area contributed by atoms with Gasteiger partial charge in [0.1, 0.15) is 22.6 Å². The number of rotatable bonds is 6. The summed E-state index contributed by atoms with van der Waals surface area (Å²) < 4.78 is 16.5. The Labute approximate surface area is 196 Å². The summed E-state index contributed by atoms with van der Waals surface area (Å²) in [5, 5.41) is 4.48. The number of fused-ring (bicyclic) bond motifs is 1. The van der Waals surface area contributed by atoms with Crippen LogP contribution in [0.15, 0.2) is 35.2 Å². The number of esters is 1. The summed E-state index contributed by atoms with van der Waals surface area (Å²) in [4.78, 5) is 34.3. The first-order chi connectivity index (χ1) is 16.1. The van der Waals surface area contributed by atoms with Crippen molar-refractivity contribution in [2.24, 2.45) is 0 Å². The maximum absolute atomic E-state index is 12.9. The van der Waals surface area contributed by atoms with Gasteiger partial charge in [-0.2, -0.15) is 11.3 Å². The second-order valence-electron chi connectivity index (χ2n) is 7.58. The van der Waals surface area contributed by atoms with Gasteiger partial charge in [-0.05, 0) is 36.9 Å². The highest BCUT2D eigenvalue weighted by Gasteiger charge is 2.28. The van der Waals surface area contributed by atoms with Crippen LogP contribution in [0.5, 0.6) is 11.5 Å². The Bertz CT molecular complexity index is 1150. The number of nitrogens with zero attached hydrogens (tertiary/aromatic N) is 3. The minimum atomic E-state index is -0.442. The van der Waals surface area contributed by atoms with Crippen LogP contribution in [0.4, 0.5) is 5.69 Å². The number of amides is 1. The van der Waals surface area contributed by atoms with E-state index in [2.05, 4.69) is 9.88 Å². The van der Waals surface area contributed by atoms with Gasteiger partial charge >= 0.3 is 5.97 Å². The van der Waals surface area contributed by atoms with Crippen molar-refractivity contribution in [3.63, 3.8) is 0 Å². The lowest BCUT2D eigenvalue weighted by Crippen LogP contribution is -2.35. The molecule has 1 fully saturated rings. The summed E-state index contributed by atoms with van der Waals surface area (Å²) in [7, 11) is 3.17. The monoisotopic (exact) mass is 469 g/mol. The lowest BCUT2D eigenvalue weighted by molar-refractivity contribution is 0.0526. The molecule has 3 heterocycles. The van der Waals surface area contributed by atoms with E-state index >= 15 is 0 Å². The van der Waals surface area contributed by atoms with Crippen molar-refractivity contribution in [3.8, 4) is 11.5 Å². The van der Waals surface area contributed by atoms with Gasteiger partial charge in [-0.25, -0.2) is 4.79 Å². The predicted octanol–water partition coefficient (Wildman–Crippen LogP) is 3.84. The van der Waals surface area contributed by atoms with Crippen molar-refractivity contribution in [2.45, 2.75) is 13.3 Å². The largest absolute Gasteiger partial charge is 0.496 e. The normalized spacial score (nSPS) is 14.2. The number of benzene rings is 1. The first kappa shape index (κ1) is 22.8. The molecule has 0 radical (unpaired) electrons.